The van der Waals surface area contributed by atoms with E-state index in [-0.39, 0.29) is 17.7 Å². The average Bonchev–Trinajstić information content (AvgIpc) is 2.70. The SMILES string of the molecule is Cn1ccc(C2CC2C(N)=O)n1. The minimum atomic E-state index is -0.203. The van der Waals surface area contributed by atoms with E-state index in [0.717, 1.165) is 12.1 Å². The highest BCUT2D eigenvalue weighted by Gasteiger charge is 2.44. The van der Waals surface area contributed by atoms with Gasteiger partial charge in [-0.2, -0.15) is 5.10 Å². The van der Waals surface area contributed by atoms with Gasteiger partial charge in [0.2, 0.25) is 5.91 Å². The minimum absolute atomic E-state index is 0.0277. The zero-order chi connectivity index (χ0) is 8.72. The van der Waals surface area contributed by atoms with Crippen LogP contribution in [0, 0.1) is 5.92 Å². The van der Waals surface area contributed by atoms with Crippen molar-refractivity contribution < 1.29 is 4.79 Å². The van der Waals surface area contributed by atoms with Crippen LogP contribution >= 0.6 is 0 Å². The van der Waals surface area contributed by atoms with E-state index in [1.165, 1.54) is 0 Å². The molecule has 64 valence electrons. The van der Waals surface area contributed by atoms with Crippen molar-refractivity contribution in [2.45, 2.75) is 12.3 Å². The van der Waals surface area contributed by atoms with E-state index in [0.29, 0.717) is 0 Å². The summed E-state index contributed by atoms with van der Waals surface area (Å²) in [6.07, 6.45) is 2.75. The Labute approximate surface area is 70.4 Å². The first-order valence-corrected chi connectivity index (χ1v) is 3.97. The fraction of sp³-hybridized carbons (Fsp3) is 0.500. The van der Waals surface area contributed by atoms with Gasteiger partial charge in [-0.05, 0) is 12.5 Å². The van der Waals surface area contributed by atoms with Gasteiger partial charge in [-0.15, -0.1) is 0 Å². The summed E-state index contributed by atoms with van der Waals surface area (Å²) in [5, 5.41) is 4.21. The Bertz CT molecular complexity index is 318. The van der Waals surface area contributed by atoms with Gasteiger partial charge in [0.1, 0.15) is 0 Å². The van der Waals surface area contributed by atoms with Crippen molar-refractivity contribution in [2.24, 2.45) is 18.7 Å². The number of carbonyl (C=O) groups excluding carboxylic acids is 1. The number of hydrogen-bond donors (Lipinski definition) is 1. The van der Waals surface area contributed by atoms with Crippen LogP contribution < -0.4 is 5.73 Å². The molecule has 2 rings (SSSR count). The molecule has 1 amide bonds. The van der Waals surface area contributed by atoms with Crippen molar-refractivity contribution in [3.8, 4) is 0 Å². The summed E-state index contributed by atoms with van der Waals surface area (Å²) in [4.78, 5) is 10.7. The van der Waals surface area contributed by atoms with Crippen molar-refractivity contribution in [3.63, 3.8) is 0 Å². The van der Waals surface area contributed by atoms with E-state index in [1.807, 2.05) is 19.3 Å². The standard InChI is InChI=1S/C8H11N3O/c1-11-3-2-7(10-11)5-4-6(5)8(9)12/h2-3,5-6H,4H2,1H3,(H2,9,12). The minimum Gasteiger partial charge on any atom is -0.369 e. The summed E-state index contributed by atoms with van der Waals surface area (Å²) in [5.41, 5.74) is 6.15. The number of carbonyl (C=O) groups is 1. The lowest BCUT2D eigenvalue weighted by atomic mass is 10.2. The van der Waals surface area contributed by atoms with Gasteiger partial charge >= 0.3 is 0 Å². The molecule has 0 bridgehead atoms. The van der Waals surface area contributed by atoms with Gasteiger partial charge in [0, 0.05) is 25.1 Å². The third kappa shape index (κ3) is 1.09. The molecule has 1 aliphatic carbocycles. The summed E-state index contributed by atoms with van der Waals surface area (Å²) in [7, 11) is 1.87. The number of aromatic nitrogens is 2. The summed E-state index contributed by atoms with van der Waals surface area (Å²) in [6.45, 7) is 0. The number of aryl methyl sites for hydroxylation is 1. The average molecular weight is 165 g/mol. The molecule has 2 N–H and O–H groups in total. The van der Waals surface area contributed by atoms with Crippen LogP contribution in [0.15, 0.2) is 12.3 Å². The van der Waals surface area contributed by atoms with Gasteiger partial charge in [-0.3, -0.25) is 9.48 Å². The molecule has 2 unspecified atom stereocenters. The van der Waals surface area contributed by atoms with Crippen LogP contribution in [0.25, 0.3) is 0 Å². The molecule has 0 aromatic carbocycles. The number of primary amides is 1. The molecule has 4 heteroatoms. The lowest BCUT2D eigenvalue weighted by Gasteiger charge is -1.90. The van der Waals surface area contributed by atoms with Crippen molar-refractivity contribution in [1.82, 2.24) is 9.78 Å². The third-order valence-corrected chi connectivity index (χ3v) is 2.27. The first-order chi connectivity index (χ1) is 5.68. The maximum absolute atomic E-state index is 10.7. The summed E-state index contributed by atoms with van der Waals surface area (Å²) >= 11 is 0. The highest BCUT2D eigenvalue weighted by Crippen LogP contribution is 2.46. The first-order valence-electron chi connectivity index (χ1n) is 3.97. The molecule has 1 aliphatic rings. The second-order valence-corrected chi connectivity index (χ2v) is 3.27. The second kappa shape index (κ2) is 2.33. The fourth-order valence-corrected chi connectivity index (χ4v) is 1.47. The summed E-state index contributed by atoms with van der Waals surface area (Å²) in [5.74, 6) is 0.106. The summed E-state index contributed by atoms with van der Waals surface area (Å²) in [6, 6.07) is 1.94. The molecule has 1 saturated carbocycles. The molecule has 4 nitrogen and oxygen atoms in total. The molecular formula is C8H11N3O. The van der Waals surface area contributed by atoms with Gasteiger partial charge in [0.05, 0.1) is 5.69 Å². The van der Waals surface area contributed by atoms with E-state index in [9.17, 15) is 4.79 Å². The van der Waals surface area contributed by atoms with Crippen LogP contribution in [-0.4, -0.2) is 15.7 Å². The first kappa shape index (κ1) is 7.34. The number of hydrogen-bond acceptors (Lipinski definition) is 2. The van der Waals surface area contributed by atoms with Crippen LogP contribution in [0.5, 0.6) is 0 Å². The van der Waals surface area contributed by atoms with Gasteiger partial charge in [-0.1, -0.05) is 0 Å². The van der Waals surface area contributed by atoms with E-state index < -0.39 is 0 Å². The molecule has 12 heavy (non-hydrogen) atoms. The van der Waals surface area contributed by atoms with E-state index >= 15 is 0 Å². The lowest BCUT2D eigenvalue weighted by Crippen LogP contribution is -2.13. The molecule has 0 aliphatic heterocycles. The number of amides is 1. The molecule has 0 spiro atoms. The molecule has 1 fully saturated rings. The Balaban J connectivity index is 2.10. The fourth-order valence-electron chi connectivity index (χ4n) is 1.47. The maximum Gasteiger partial charge on any atom is 0.221 e. The zero-order valence-corrected chi connectivity index (χ0v) is 6.90. The number of rotatable bonds is 2. The second-order valence-electron chi connectivity index (χ2n) is 3.27. The normalized spacial score (nSPS) is 27.1. The molecule has 1 aromatic heterocycles. The van der Waals surface area contributed by atoms with Crippen molar-refractivity contribution in [2.75, 3.05) is 0 Å². The maximum atomic E-state index is 10.7. The highest BCUT2D eigenvalue weighted by atomic mass is 16.1. The van der Waals surface area contributed by atoms with Crippen LogP contribution in [0.1, 0.15) is 18.0 Å². The Morgan fingerprint density at radius 3 is 3.00 bits per heavy atom. The largest absolute Gasteiger partial charge is 0.369 e. The van der Waals surface area contributed by atoms with Crippen LogP contribution in [0.3, 0.4) is 0 Å². The van der Waals surface area contributed by atoms with Crippen molar-refractivity contribution in [3.05, 3.63) is 18.0 Å². The van der Waals surface area contributed by atoms with Crippen LogP contribution in [0.4, 0.5) is 0 Å². The Morgan fingerprint density at radius 1 is 1.83 bits per heavy atom. The predicted octanol–water partition coefficient (Wildman–Crippen LogP) is 0.00890. The van der Waals surface area contributed by atoms with Gasteiger partial charge < -0.3 is 5.73 Å². The predicted molar refractivity (Wildman–Crippen MR) is 43.3 cm³/mol. The van der Waals surface area contributed by atoms with E-state index in [2.05, 4.69) is 5.10 Å². The molecule has 2 atom stereocenters. The molecular weight excluding hydrogens is 154 g/mol. The van der Waals surface area contributed by atoms with Crippen molar-refractivity contribution >= 4 is 5.91 Å². The van der Waals surface area contributed by atoms with Gasteiger partial charge in [0.15, 0.2) is 0 Å². The Kier molecular flexibility index (Phi) is 1.43. The number of nitrogens with two attached hydrogens (primary N) is 1. The van der Waals surface area contributed by atoms with Crippen LogP contribution in [-0.2, 0) is 11.8 Å². The van der Waals surface area contributed by atoms with E-state index in [1.54, 1.807) is 4.68 Å². The van der Waals surface area contributed by atoms with E-state index in [4.69, 9.17) is 5.73 Å². The summed E-state index contributed by atoms with van der Waals surface area (Å²) < 4.78 is 1.74. The Morgan fingerprint density at radius 2 is 2.58 bits per heavy atom. The molecule has 1 heterocycles. The number of nitrogens with zero attached hydrogens (tertiary/aromatic N) is 2. The smallest absolute Gasteiger partial charge is 0.221 e. The zero-order valence-electron chi connectivity index (χ0n) is 6.90. The lowest BCUT2D eigenvalue weighted by molar-refractivity contribution is -0.119. The monoisotopic (exact) mass is 165 g/mol. The molecule has 1 aromatic rings. The molecule has 0 radical (unpaired) electrons. The van der Waals surface area contributed by atoms with Gasteiger partial charge in [-0.25, -0.2) is 0 Å². The van der Waals surface area contributed by atoms with Crippen molar-refractivity contribution in [1.29, 1.82) is 0 Å². The molecule has 0 saturated heterocycles. The third-order valence-electron chi connectivity index (χ3n) is 2.27. The van der Waals surface area contributed by atoms with Gasteiger partial charge in [0.25, 0.3) is 0 Å². The highest BCUT2D eigenvalue weighted by molar-refractivity contribution is 5.80. The van der Waals surface area contributed by atoms with Crippen LogP contribution in [0.2, 0.25) is 0 Å². The quantitative estimate of drug-likeness (QED) is 0.671. The topological polar surface area (TPSA) is 60.9 Å². The Hall–Kier alpha value is -1.32.